The number of rotatable bonds is 5. The Morgan fingerprint density at radius 3 is 2.54 bits per heavy atom. The number of fused-ring (bicyclic) bond motifs is 2. The second-order valence-corrected chi connectivity index (χ2v) is 6.94. The third-order valence-corrected chi connectivity index (χ3v) is 5.06. The summed E-state index contributed by atoms with van der Waals surface area (Å²) in [4.78, 5) is 52.4. The monoisotopic (exact) mass is 405 g/mol. The highest BCUT2D eigenvalue weighted by Crippen LogP contribution is 2.33. The van der Waals surface area contributed by atoms with Crippen LogP contribution in [0.3, 0.4) is 0 Å². The number of alkyl halides is 2. The maximum absolute atomic E-state index is 13.3. The van der Waals surface area contributed by atoms with E-state index in [4.69, 9.17) is 5.11 Å². The first-order chi connectivity index (χ1) is 13.2. The first-order valence-electron chi connectivity index (χ1n) is 8.91. The number of hydrogen-bond donors (Lipinski definition) is 4. The zero-order valence-corrected chi connectivity index (χ0v) is 14.8. The number of hydrogen-bond acceptors (Lipinski definition) is 6. The molecular formula is C15H21F2N5O6. The van der Waals surface area contributed by atoms with Crippen LogP contribution in [0, 0.1) is 5.92 Å². The van der Waals surface area contributed by atoms with Gasteiger partial charge in [0, 0.05) is 13.1 Å². The van der Waals surface area contributed by atoms with Crippen molar-refractivity contribution in [3.63, 3.8) is 0 Å². The first kappa shape index (κ1) is 20.2. The molecule has 4 N–H and O–H groups in total. The van der Waals surface area contributed by atoms with Crippen LogP contribution in [0.5, 0.6) is 0 Å². The summed E-state index contributed by atoms with van der Waals surface area (Å²) < 4.78 is 26.6. The number of nitrogens with one attached hydrogen (secondary N) is 3. The minimum atomic E-state index is -4.56. The first-order valence-corrected chi connectivity index (χ1v) is 8.91. The fourth-order valence-corrected chi connectivity index (χ4v) is 3.57. The second-order valence-electron chi connectivity index (χ2n) is 6.94. The molecule has 28 heavy (non-hydrogen) atoms. The molecule has 3 atom stereocenters. The summed E-state index contributed by atoms with van der Waals surface area (Å²) in [5, 5.41) is 11.9. The van der Waals surface area contributed by atoms with Crippen LogP contribution in [0.4, 0.5) is 13.6 Å². The molecule has 3 heterocycles. The van der Waals surface area contributed by atoms with Crippen LogP contribution >= 0.6 is 0 Å². The Hall–Kier alpha value is -2.54. The lowest BCUT2D eigenvalue weighted by Crippen LogP contribution is -2.55. The van der Waals surface area contributed by atoms with E-state index in [1.165, 1.54) is 0 Å². The molecule has 13 heteroatoms. The Kier molecular flexibility index (Phi) is 5.65. The highest BCUT2D eigenvalue weighted by molar-refractivity contribution is 5.90. The molecule has 3 saturated heterocycles. The zero-order chi connectivity index (χ0) is 20.5. The molecule has 156 valence electrons. The predicted molar refractivity (Wildman–Crippen MR) is 86.3 cm³/mol. The van der Waals surface area contributed by atoms with Gasteiger partial charge in [0.15, 0.2) is 0 Å². The molecular weight excluding hydrogens is 384 g/mol. The van der Waals surface area contributed by atoms with Crippen molar-refractivity contribution in [1.29, 1.82) is 0 Å². The van der Waals surface area contributed by atoms with Crippen molar-refractivity contribution < 1.29 is 37.9 Å². The summed E-state index contributed by atoms with van der Waals surface area (Å²) in [5.74, 6) is -3.81. The summed E-state index contributed by atoms with van der Waals surface area (Å²) in [5.41, 5.74) is 4.60. The Labute approximate surface area is 158 Å². The second kappa shape index (κ2) is 7.83. The normalized spacial score (nSPS) is 27.5. The maximum atomic E-state index is 13.3. The fraction of sp³-hybridized carbons (Fsp3) is 0.733. The van der Waals surface area contributed by atoms with Crippen LogP contribution in [0.15, 0.2) is 0 Å². The van der Waals surface area contributed by atoms with E-state index in [0.717, 1.165) is 17.9 Å². The summed E-state index contributed by atoms with van der Waals surface area (Å²) in [6, 6.07) is -2.79. The van der Waals surface area contributed by atoms with E-state index in [2.05, 4.69) is 21.0 Å². The molecule has 4 amide bonds. The molecule has 3 fully saturated rings. The molecule has 0 aromatic carbocycles. The van der Waals surface area contributed by atoms with Crippen molar-refractivity contribution in [3.8, 4) is 0 Å². The SMILES string of the molecule is O=C(NNC(=O)[C@H]1CC[C@H]2CN1C(=O)N2OC(F)(F)C(=O)O)[C@@H]1CCCNC1. The van der Waals surface area contributed by atoms with Crippen molar-refractivity contribution in [2.45, 2.75) is 43.9 Å². The number of aliphatic carboxylic acids is 1. The van der Waals surface area contributed by atoms with E-state index in [9.17, 15) is 28.0 Å². The van der Waals surface area contributed by atoms with Crippen LogP contribution in [0.2, 0.25) is 0 Å². The highest BCUT2D eigenvalue weighted by atomic mass is 19.3. The number of hydrazine groups is 1. The molecule has 3 aliphatic heterocycles. The van der Waals surface area contributed by atoms with E-state index in [-0.39, 0.29) is 31.2 Å². The number of carboxylic acid groups (broad SMARTS) is 1. The van der Waals surface area contributed by atoms with E-state index in [1.54, 1.807) is 0 Å². The van der Waals surface area contributed by atoms with Crippen LogP contribution in [0.1, 0.15) is 25.7 Å². The van der Waals surface area contributed by atoms with Gasteiger partial charge >= 0.3 is 18.1 Å². The average Bonchev–Trinajstić information content (AvgIpc) is 2.91. The van der Waals surface area contributed by atoms with Crippen LogP contribution in [0.25, 0.3) is 0 Å². The highest BCUT2D eigenvalue weighted by Gasteiger charge is 2.53. The molecule has 3 aliphatic rings. The molecule has 2 bridgehead atoms. The maximum Gasteiger partial charge on any atom is 0.476 e. The van der Waals surface area contributed by atoms with E-state index in [0.29, 0.717) is 18.0 Å². The standard InChI is InChI=1S/C15H21F2N5O6/c16-15(17,13(25)26)28-22-9-3-4-10(21(7-9)14(22)27)12(24)20-19-11(23)8-2-1-5-18-6-8/h8-10,18H,1-7H2,(H,19,23)(H,20,24)(H,25,26)/t8-,9+,10-/m1/s1. The number of hydroxylamine groups is 2. The van der Waals surface area contributed by atoms with Gasteiger partial charge < -0.3 is 15.3 Å². The van der Waals surface area contributed by atoms with Gasteiger partial charge in [-0.2, -0.15) is 18.7 Å². The van der Waals surface area contributed by atoms with Crippen molar-refractivity contribution in [2.75, 3.05) is 19.6 Å². The van der Waals surface area contributed by atoms with Gasteiger partial charge in [-0.15, -0.1) is 0 Å². The molecule has 11 nitrogen and oxygen atoms in total. The van der Waals surface area contributed by atoms with Gasteiger partial charge in [-0.1, -0.05) is 0 Å². The van der Waals surface area contributed by atoms with Crippen molar-refractivity contribution in [2.24, 2.45) is 5.92 Å². The lowest BCUT2D eigenvalue weighted by molar-refractivity contribution is -0.327. The minimum Gasteiger partial charge on any atom is -0.475 e. The average molecular weight is 405 g/mol. The van der Waals surface area contributed by atoms with Gasteiger partial charge in [0.05, 0.1) is 12.0 Å². The van der Waals surface area contributed by atoms with E-state index >= 15 is 0 Å². The number of nitrogens with zero attached hydrogens (tertiary/aromatic N) is 2. The third-order valence-electron chi connectivity index (χ3n) is 5.06. The van der Waals surface area contributed by atoms with Gasteiger partial charge in [-0.25, -0.2) is 9.59 Å². The quantitative estimate of drug-likeness (QED) is 0.431. The number of piperidine rings is 2. The lowest BCUT2D eigenvalue weighted by atomic mass is 9.99. The number of carbonyl (C=O) groups excluding carboxylic acids is 3. The van der Waals surface area contributed by atoms with Crippen LogP contribution < -0.4 is 16.2 Å². The third kappa shape index (κ3) is 3.99. The number of carbonyl (C=O) groups is 4. The molecule has 0 aromatic heterocycles. The van der Waals surface area contributed by atoms with Crippen molar-refractivity contribution in [1.82, 2.24) is 26.1 Å². The Bertz CT molecular complexity index is 671. The molecule has 0 aliphatic carbocycles. The molecule has 0 spiro atoms. The number of urea groups is 1. The Balaban J connectivity index is 1.56. The minimum absolute atomic E-state index is 0.0624. The summed E-state index contributed by atoms with van der Waals surface area (Å²) in [6.45, 7) is 1.27. The zero-order valence-electron chi connectivity index (χ0n) is 14.8. The molecule has 0 unspecified atom stereocenters. The van der Waals surface area contributed by atoms with Crippen LogP contribution in [-0.2, 0) is 19.2 Å². The predicted octanol–water partition coefficient (Wildman–Crippen LogP) is -0.989. The number of amides is 4. The smallest absolute Gasteiger partial charge is 0.475 e. The van der Waals surface area contributed by atoms with Crippen molar-refractivity contribution in [3.05, 3.63) is 0 Å². The topological polar surface area (TPSA) is 140 Å². The van der Waals surface area contributed by atoms with Crippen molar-refractivity contribution >= 4 is 23.8 Å². The molecule has 0 radical (unpaired) electrons. The van der Waals surface area contributed by atoms with Crippen LogP contribution in [-0.4, -0.2) is 76.7 Å². The largest absolute Gasteiger partial charge is 0.476 e. The molecule has 0 aromatic rings. The van der Waals surface area contributed by atoms with Gasteiger partial charge in [0.2, 0.25) is 5.91 Å². The number of carboxylic acids is 1. The summed E-state index contributed by atoms with van der Waals surface area (Å²) >= 11 is 0. The summed E-state index contributed by atoms with van der Waals surface area (Å²) in [6.07, 6.45) is -2.71. The number of halogens is 2. The molecule has 3 rings (SSSR count). The molecule has 0 saturated carbocycles. The Morgan fingerprint density at radius 1 is 1.18 bits per heavy atom. The van der Waals surface area contributed by atoms with Gasteiger partial charge in [0.25, 0.3) is 5.91 Å². The van der Waals surface area contributed by atoms with E-state index in [1.807, 2.05) is 0 Å². The summed E-state index contributed by atoms with van der Waals surface area (Å²) in [7, 11) is 0. The lowest BCUT2D eigenvalue weighted by Gasteiger charge is -2.29. The Morgan fingerprint density at radius 2 is 1.89 bits per heavy atom. The van der Waals surface area contributed by atoms with Gasteiger partial charge in [-0.3, -0.25) is 20.4 Å². The fourth-order valence-electron chi connectivity index (χ4n) is 3.57. The van der Waals surface area contributed by atoms with E-state index < -0.39 is 36.1 Å². The van der Waals surface area contributed by atoms with Gasteiger partial charge in [0.1, 0.15) is 6.04 Å². The van der Waals surface area contributed by atoms with Gasteiger partial charge in [-0.05, 0) is 32.2 Å².